The smallest absolute Gasteiger partial charge is 0.214 e. The fourth-order valence-electron chi connectivity index (χ4n) is 2.86. The molecule has 0 saturated carbocycles. The number of carbonyl (C=O) groups excluding carboxylic acids is 1. The van der Waals surface area contributed by atoms with Crippen LogP contribution in [0.25, 0.3) is 0 Å². The van der Waals surface area contributed by atoms with Gasteiger partial charge in [0.05, 0.1) is 18.2 Å². The Hall–Kier alpha value is -1.70. The summed E-state index contributed by atoms with van der Waals surface area (Å²) < 4.78 is 18.0. The second-order valence-corrected chi connectivity index (χ2v) is 7.67. The van der Waals surface area contributed by atoms with Gasteiger partial charge in [-0.1, -0.05) is 6.08 Å². The van der Waals surface area contributed by atoms with Crippen LogP contribution in [0.3, 0.4) is 0 Å². The van der Waals surface area contributed by atoms with Crippen LogP contribution >= 0.6 is 0 Å². The summed E-state index contributed by atoms with van der Waals surface area (Å²) in [5.74, 6) is -0.373. The van der Waals surface area contributed by atoms with Crippen LogP contribution < -0.4 is 5.73 Å². The van der Waals surface area contributed by atoms with Crippen molar-refractivity contribution in [3.63, 3.8) is 0 Å². The second-order valence-electron chi connectivity index (χ2n) is 7.67. The number of aliphatic imine (C=N–C) groups is 1. The van der Waals surface area contributed by atoms with Gasteiger partial charge in [0.15, 0.2) is 5.79 Å². The number of amides is 1. The summed E-state index contributed by atoms with van der Waals surface area (Å²) in [5, 5.41) is 0. The summed E-state index contributed by atoms with van der Waals surface area (Å²) in [7, 11) is 1.59. The first kappa shape index (κ1) is 19.6. The van der Waals surface area contributed by atoms with Crippen molar-refractivity contribution in [2.45, 2.75) is 64.3 Å². The van der Waals surface area contributed by atoms with E-state index in [0.717, 1.165) is 12.0 Å². The van der Waals surface area contributed by atoms with E-state index in [4.69, 9.17) is 19.9 Å². The monoisotopic (exact) mass is 351 g/mol. The highest BCUT2D eigenvalue weighted by atomic mass is 16.8. The van der Waals surface area contributed by atoms with Gasteiger partial charge in [-0.15, -0.1) is 0 Å². The third kappa shape index (κ3) is 4.90. The predicted octanol–water partition coefficient (Wildman–Crippen LogP) is 1.59. The molecule has 7 nitrogen and oxygen atoms in total. The van der Waals surface area contributed by atoms with E-state index < -0.39 is 5.79 Å². The van der Waals surface area contributed by atoms with Crippen LogP contribution in [-0.4, -0.2) is 60.4 Å². The van der Waals surface area contributed by atoms with Gasteiger partial charge in [-0.3, -0.25) is 9.79 Å². The Kier molecular flexibility index (Phi) is 5.71. The molecule has 3 atom stereocenters. The first-order chi connectivity index (χ1) is 11.6. The predicted molar refractivity (Wildman–Crippen MR) is 96.0 cm³/mol. The van der Waals surface area contributed by atoms with Crippen molar-refractivity contribution in [3.05, 3.63) is 23.9 Å². The zero-order valence-electron chi connectivity index (χ0n) is 15.9. The van der Waals surface area contributed by atoms with E-state index in [0.29, 0.717) is 12.4 Å². The van der Waals surface area contributed by atoms with E-state index in [9.17, 15) is 4.79 Å². The van der Waals surface area contributed by atoms with E-state index >= 15 is 0 Å². The van der Waals surface area contributed by atoms with E-state index in [-0.39, 0.29) is 23.9 Å². The van der Waals surface area contributed by atoms with Crippen LogP contribution in [0.5, 0.6) is 0 Å². The van der Waals surface area contributed by atoms with Gasteiger partial charge >= 0.3 is 0 Å². The summed E-state index contributed by atoms with van der Waals surface area (Å²) >= 11 is 0. The zero-order valence-corrected chi connectivity index (χ0v) is 15.9. The maximum absolute atomic E-state index is 11.6. The lowest BCUT2D eigenvalue weighted by atomic mass is 10.1. The molecule has 1 heterocycles. The average Bonchev–Trinajstić information content (AvgIpc) is 2.99. The molecule has 0 aromatic rings. The van der Waals surface area contributed by atoms with Gasteiger partial charge in [-0.2, -0.15) is 0 Å². The highest BCUT2D eigenvalue weighted by molar-refractivity contribution is 5.91. The second kappa shape index (κ2) is 7.27. The van der Waals surface area contributed by atoms with Crippen molar-refractivity contribution in [1.82, 2.24) is 4.90 Å². The maximum Gasteiger partial charge on any atom is 0.214 e. The fraction of sp³-hybridized carbons (Fsp3) is 0.667. The standard InChI is InChI=1S/C18H29N3O4/c1-17(2,3)23-10-12-9-13(16-15(12)24-18(4,5)25-16)21(11-22)8-7-14(19)20-6/h7-9,11,13,15-16H,10H2,1-6H3,(H2,19,20)/b8-7-. The lowest BCUT2D eigenvalue weighted by Crippen LogP contribution is -2.40. The number of carbonyl (C=O) groups is 1. The molecule has 2 N–H and O–H groups in total. The highest BCUT2D eigenvalue weighted by Crippen LogP contribution is 2.40. The minimum atomic E-state index is -0.711. The van der Waals surface area contributed by atoms with Gasteiger partial charge in [0.2, 0.25) is 6.41 Å². The largest absolute Gasteiger partial charge is 0.384 e. The zero-order chi connectivity index (χ0) is 18.8. The number of ether oxygens (including phenoxy) is 3. The molecule has 7 heteroatoms. The van der Waals surface area contributed by atoms with Gasteiger partial charge in [-0.25, -0.2) is 0 Å². The van der Waals surface area contributed by atoms with E-state index in [1.807, 2.05) is 40.7 Å². The number of hydrogen-bond acceptors (Lipinski definition) is 5. The molecule has 140 valence electrons. The Balaban J connectivity index is 2.24. The minimum absolute atomic E-state index is 0.240. The van der Waals surface area contributed by atoms with Crippen LogP contribution in [0.15, 0.2) is 28.9 Å². The number of fused-ring (bicyclic) bond motifs is 1. The number of amidine groups is 1. The van der Waals surface area contributed by atoms with Crippen molar-refractivity contribution >= 4 is 12.2 Å². The number of rotatable bonds is 6. The van der Waals surface area contributed by atoms with Crippen molar-refractivity contribution < 1.29 is 19.0 Å². The summed E-state index contributed by atoms with van der Waals surface area (Å²) in [6.45, 7) is 10.2. The Morgan fingerprint density at radius 1 is 1.44 bits per heavy atom. The molecule has 0 aromatic carbocycles. The van der Waals surface area contributed by atoms with Crippen LogP contribution in [0, 0.1) is 0 Å². The van der Waals surface area contributed by atoms with E-state index in [2.05, 4.69) is 4.99 Å². The fourth-order valence-corrected chi connectivity index (χ4v) is 2.86. The molecule has 1 aliphatic heterocycles. The minimum Gasteiger partial charge on any atom is -0.384 e. The van der Waals surface area contributed by atoms with Crippen molar-refractivity contribution in [3.8, 4) is 0 Å². The molecular formula is C18H29N3O4. The topological polar surface area (TPSA) is 86.4 Å². The van der Waals surface area contributed by atoms with Crippen molar-refractivity contribution in [2.24, 2.45) is 10.7 Å². The molecule has 0 radical (unpaired) electrons. The lowest BCUT2D eigenvalue weighted by molar-refractivity contribution is -0.151. The molecule has 1 saturated heterocycles. The van der Waals surface area contributed by atoms with Gasteiger partial charge in [-0.05, 0) is 46.3 Å². The molecule has 1 fully saturated rings. The molecule has 1 amide bonds. The Labute approximate surface area is 149 Å². The maximum atomic E-state index is 11.6. The summed E-state index contributed by atoms with van der Waals surface area (Å²) in [5.41, 5.74) is 6.39. The molecule has 2 aliphatic rings. The van der Waals surface area contributed by atoms with Crippen molar-refractivity contribution in [1.29, 1.82) is 0 Å². The molecule has 0 bridgehead atoms. The number of nitrogens with zero attached hydrogens (tertiary/aromatic N) is 2. The van der Waals surface area contributed by atoms with Crippen LogP contribution in [-0.2, 0) is 19.0 Å². The molecule has 2 rings (SSSR count). The first-order valence-corrected chi connectivity index (χ1v) is 8.40. The molecule has 0 aromatic heterocycles. The Morgan fingerprint density at radius 2 is 2.12 bits per heavy atom. The molecule has 1 aliphatic carbocycles. The summed E-state index contributed by atoms with van der Waals surface area (Å²) in [6, 6.07) is -0.288. The quantitative estimate of drug-likeness (QED) is 0.340. The van der Waals surface area contributed by atoms with Gasteiger partial charge in [0.1, 0.15) is 18.0 Å². The number of hydrogen-bond donors (Lipinski definition) is 1. The van der Waals surface area contributed by atoms with Crippen molar-refractivity contribution in [2.75, 3.05) is 13.7 Å². The van der Waals surface area contributed by atoms with Gasteiger partial charge in [0, 0.05) is 13.2 Å². The van der Waals surface area contributed by atoms with Gasteiger partial charge < -0.3 is 24.8 Å². The molecule has 25 heavy (non-hydrogen) atoms. The summed E-state index contributed by atoms with van der Waals surface area (Å²) in [6.07, 6.45) is 5.39. The average molecular weight is 351 g/mol. The van der Waals surface area contributed by atoms with Crippen LogP contribution in [0.1, 0.15) is 34.6 Å². The SMILES string of the molecule is CN=C(N)/C=C\N(C=O)C1C=C(COC(C)(C)C)C2OC(C)(C)OC21. The number of nitrogens with two attached hydrogens (primary N) is 1. The first-order valence-electron chi connectivity index (χ1n) is 8.40. The third-order valence-corrected chi connectivity index (χ3v) is 4.03. The molecule has 3 unspecified atom stereocenters. The Morgan fingerprint density at radius 3 is 2.68 bits per heavy atom. The normalized spacial score (nSPS) is 29.0. The highest BCUT2D eigenvalue weighted by Gasteiger charge is 2.51. The lowest BCUT2D eigenvalue weighted by Gasteiger charge is -2.26. The van der Waals surface area contributed by atoms with Crippen LogP contribution in [0.2, 0.25) is 0 Å². The Bertz CT molecular complexity index is 590. The third-order valence-electron chi connectivity index (χ3n) is 4.03. The van der Waals surface area contributed by atoms with E-state index in [1.165, 1.54) is 4.90 Å². The van der Waals surface area contributed by atoms with Crippen LogP contribution in [0.4, 0.5) is 0 Å². The molecule has 0 spiro atoms. The van der Waals surface area contributed by atoms with E-state index in [1.54, 1.807) is 19.3 Å². The molecular weight excluding hydrogens is 322 g/mol. The van der Waals surface area contributed by atoms with Gasteiger partial charge in [0.25, 0.3) is 0 Å². The summed E-state index contributed by atoms with van der Waals surface area (Å²) in [4.78, 5) is 17.0.